The highest BCUT2D eigenvalue weighted by Gasteiger charge is 2.43. The van der Waals surface area contributed by atoms with E-state index in [0.717, 1.165) is 0 Å². The van der Waals surface area contributed by atoms with Crippen LogP contribution in [0.5, 0.6) is 0 Å². The number of Topliss-reactive ketones (excluding diaryl/α,β-unsaturated/α-hetero) is 1. The summed E-state index contributed by atoms with van der Waals surface area (Å²) in [5, 5.41) is 10.1. The maximum absolute atomic E-state index is 12.3. The molecule has 0 unspecified atom stereocenters. The fourth-order valence-electron chi connectivity index (χ4n) is 2.49. The number of amides is 1. The summed E-state index contributed by atoms with van der Waals surface area (Å²) in [6, 6.07) is 2.75. The topological polar surface area (TPSA) is 89.0 Å². The molecule has 1 atom stereocenters. The minimum atomic E-state index is -0.702. The highest BCUT2D eigenvalue weighted by molar-refractivity contribution is 6.08. The lowest BCUT2D eigenvalue weighted by Gasteiger charge is -2.28. The lowest BCUT2D eigenvalue weighted by atomic mass is 9.98. The summed E-state index contributed by atoms with van der Waals surface area (Å²) in [5.41, 5.74) is 0.694. The Hall–Kier alpha value is -2.25. The van der Waals surface area contributed by atoms with Gasteiger partial charge in [0, 0.05) is 26.6 Å². The van der Waals surface area contributed by atoms with Crippen molar-refractivity contribution in [2.24, 2.45) is 0 Å². The van der Waals surface area contributed by atoms with E-state index < -0.39 is 24.0 Å². The van der Waals surface area contributed by atoms with E-state index >= 15 is 0 Å². The van der Waals surface area contributed by atoms with Gasteiger partial charge >= 0.3 is 0 Å². The van der Waals surface area contributed by atoms with Crippen molar-refractivity contribution in [2.45, 2.75) is 19.3 Å². The Labute approximate surface area is 128 Å². The fourth-order valence-corrected chi connectivity index (χ4v) is 2.49. The summed E-state index contributed by atoms with van der Waals surface area (Å²) in [5.74, 6) is -1.53. The van der Waals surface area contributed by atoms with E-state index in [9.17, 15) is 14.7 Å². The molecular weight excluding hydrogens is 288 g/mol. The Balaban J connectivity index is 2.44. The predicted octanol–water partition coefficient (Wildman–Crippen LogP) is 0.985. The molecule has 0 radical (unpaired) electrons. The average Bonchev–Trinajstić information content (AvgIpc) is 2.77. The van der Waals surface area contributed by atoms with Crippen LogP contribution in [0.3, 0.4) is 0 Å². The molecule has 22 heavy (non-hydrogen) atoms. The Bertz CT molecular complexity index is 595. The van der Waals surface area contributed by atoms with Crippen LogP contribution < -0.4 is 0 Å². The van der Waals surface area contributed by atoms with E-state index in [1.165, 1.54) is 26.0 Å². The second-order valence-corrected chi connectivity index (χ2v) is 4.87. The van der Waals surface area contributed by atoms with Gasteiger partial charge in [0.05, 0.1) is 18.2 Å². The Morgan fingerprint density at radius 3 is 2.64 bits per heavy atom. The van der Waals surface area contributed by atoms with Gasteiger partial charge in [-0.05, 0) is 18.6 Å². The van der Waals surface area contributed by atoms with E-state index in [4.69, 9.17) is 9.47 Å². The molecule has 7 nitrogen and oxygen atoms in total. The molecule has 0 aliphatic carbocycles. The quantitative estimate of drug-likeness (QED) is 0.788. The van der Waals surface area contributed by atoms with Gasteiger partial charge in [-0.1, -0.05) is 6.07 Å². The maximum atomic E-state index is 12.3. The number of hydrogen-bond donors (Lipinski definition) is 1. The van der Waals surface area contributed by atoms with Crippen LogP contribution in [0.15, 0.2) is 35.9 Å². The molecule has 2 heterocycles. The number of aromatic nitrogens is 1. The van der Waals surface area contributed by atoms with Gasteiger partial charge in [0.2, 0.25) is 0 Å². The van der Waals surface area contributed by atoms with Crippen LogP contribution in [0.2, 0.25) is 0 Å². The van der Waals surface area contributed by atoms with Crippen LogP contribution in [-0.4, -0.2) is 53.7 Å². The number of ether oxygens (including phenoxy) is 2. The Morgan fingerprint density at radius 2 is 2.14 bits per heavy atom. The van der Waals surface area contributed by atoms with Crippen LogP contribution in [0, 0.1) is 0 Å². The number of aliphatic hydroxyl groups is 1. The first-order valence-electron chi connectivity index (χ1n) is 6.71. The van der Waals surface area contributed by atoms with Gasteiger partial charge in [-0.3, -0.25) is 14.6 Å². The lowest BCUT2D eigenvalue weighted by Crippen LogP contribution is -2.38. The minimum absolute atomic E-state index is 0.0592. The SMILES string of the molecule is COC(CN1C(=O)C(O)=C(C(C)=O)[C@@H]1c1cccnc1)OC. The largest absolute Gasteiger partial charge is 0.503 e. The zero-order valence-electron chi connectivity index (χ0n) is 12.6. The van der Waals surface area contributed by atoms with Crippen LogP contribution in [0.4, 0.5) is 0 Å². The third-order valence-electron chi connectivity index (χ3n) is 3.55. The van der Waals surface area contributed by atoms with E-state index in [2.05, 4.69) is 4.98 Å². The van der Waals surface area contributed by atoms with Crippen LogP contribution >= 0.6 is 0 Å². The first kappa shape index (κ1) is 16.1. The van der Waals surface area contributed by atoms with Crippen molar-refractivity contribution < 1.29 is 24.2 Å². The number of hydrogen-bond acceptors (Lipinski definition) is 6. The molecule has 0 saturated carbocycles. The van der Waals surface area contributed by atoms with Crippen molar-refractivity contribution in [2.75, 3.05) is 20.8 Å². The van der Waals surface area contributed by atoms with E-state index in [1.54, 1.807) is 24.5 Å². The van der Waals surface area contributed by atoms with Gasteiger partial charge in [-0.25, -0.2) is 0 Å². The van der Waals surface area contributed by atoms with Crippen molar-refractivity contribution in [3.8, 4) is 0 Å². The molecule has 118 valence electrons. The number of ketones is 1. The second kappa shape index (κ2) is 6.67. The van der Waals surface area contributed by atoms with Crippen LogP contribution in [0.1, 0.15) is 18.5 Å². The number of carbonyl (C=O) groups excluding carboxylic acids is 2. The first-order valence-corrected chi connectivity index (χ1v) is 6.71. The highest BCUT2D eigenvalue weighted by atomic mass is 16.7. The Morgan fingerprint density at radius 1 is 1.45 bits per heavy atom. The second-order valence-electron chi connectivity index (χ2n) is 4.87. The third-order valence-corrected chi connectivity index (χ3v) is 3.55. The number of carbonyl (C=O) groups is 2. The lowest BCUT2D eigenvalue weighted by molar-refractivity contribution is -0.144. The van der Waals surface area contributed by atoms with Gasteiger partial charge in [0.25, 0.3) is 5.91 Å². The summed E-state index contributed by atoms with van der Waals surface area (Å²) in [6.07, 6.45) is 2.48. The molecule has 0 saturated heterocycles. The zero-order chi connectivity index (χ0) is 16.3. The molecule has 1 aliphatic heterocycles. The molecule has 1 amide bonds. The number of methoxy groups -OCH3 is 2. The summed E-state index contributed by atoms with van der Waals surface area (Å²) in [4.78, 5) is 29.5. The standard InChI is InChI=1S/C15H18N2O5/c1-9(18)12-13(10-5-4-6-16-7-10)17(15(20)14(12)19)8-11(21-2)22-3/h4-7,11,13,19H,8H2,1-3H3/t13-/m0/s1. The number of rotatable bonds is 6. The number of aliphatic hydroxyl groups excluding tert-OH is 1. The van der Waals surface area contributed by atoms with Crippen LogP contribution in [-0.2, 0) is 19.1 Å². The van der Waals surface area contributed by atoms with Crippen molar-refractivity contribution in [1.82, 2.24) is 9.88 Å². The van der Waals surface area contributed by atoms with Crippen molar-refractivity contribution in [1.29, 1.82) is 0 Å². The summed E-state index contributed by atoms with van der Waals surface area (Å²) in [6.45, 7) is 1.39. The minimum Gasteiger partial charge on any atom is -0.503 e. The smallest absolute Gasteiger partial charge is 0.290 e. The monoisotopic (exact) mass is 306 g/mol. The molecule has 2 rings (SSSR count). The molecule has 0 fully saturated rings. The van der Waals surface area contributed by atoms with Crippen molar-refractivity contribution >= 4 is 11.7 Å². The van der Waals surface area contributed by atoms with E-state index in [1.807, 2.05) is 0 Å². The molecular formula is C15H18N2O5. The molecule has 1 aromatic rings. The molecule has 7 heteroatoms. The van der Waals surface area contributed by atoms with E-state index in [-0.39, 0.29) is 17.9 Å². The predicted molar refractivity (Wildman–Crippen MR) is 76.8 cm³/mol. The summed E-state index contributed by atoms with van der Waals surface area (Å²) in [7, 11) is 2.90. The summed E-state index contributed by atoms with van der Waals surface area (Å²) < 4.78 is 10.2. The molecule has 1 aromatic heterocycles. The Kier molecular flexibility index (Phi) is 4.89. The van der Waals surface area contributed by atoms with Gasteiger partial charge in [-0.2, -0.15) is 0 Å². The van der Waals surface area contributed by atoms with Gasteiger partial charge in [-0.15, -0.1) is 0 Å². The van der Waals surface area contributed by atoms with Crippen molar-refractivity contribution in [3.63, 3.8) is 0 Å². The maximum Gasteiger partial charge on any atom is 0.290 e. The van der Waals surface area contributed by atoms with Gasteiger partial charge in [0.1, 0.15) is 0 Å². The summed E-state index contributed by atoms with van der Waals surface area (Å²) >= 11 is 0. The average molecular weight is 306 g/mol. The zero-order valence-corrected chi connectivity index (χ0v) is 12.6. The van der Waals surface area contributed by atoms with E-state index in [0.29, 0.717) is 5.56 Å². The molecule has 0 spiro atoms. The van der Waals surface area contributed by atoms with Gasteiger partial charge < -0.3 is 19.5 Å². The van der Waals surface area contributed by atoms with Crippen molar-refractivity contribution in [3.05, 3.63) is 41.4 Å². The highest BCUT2D eigenvalue weighted by Crippen LogP contribution is 2.37. The number of pyridine rings is 1. The first-order chi connectivity index (χ1) is 10.5. The normalized spacial score (nSPS) is 18.5. The molecule has 1 aliphatic rings. The molecule has 0 aromatic carbocycles. The fraction of sp³-hybridized carbons (Fsp3) is 0.400. The van der Waals surface area contributed by atoms with Crippen LogP contribution in [0.25, 0.3) is 0 Å². The third kappa shape index (κ3) is 2.86. The molecule has 0 bridgehead atoms. The van der Waals surface area contributed by atoms with Gasteiger partial charge in [0.15, 0.2) is 17.8 Å². The number of nitrogens with zero attached hydrogens (tertiary/aromatic N) is 2. The molecule has 1 N–H and O–H groups in total.